The maximum Gasteiger partial charge on any atom is 0.513 e. The number of para-hydroxylation sites is 1. The molecule has 0 saturated carbocycles. The lowest BCUT2D eigenvalue weighted by Crippen LogP contribution is -2.39. The molecule has 0 bridgehead atoms. The van der Waals surface area contributed by atoms with Crippen molar-refractivity contribution in [2.24, 2.45) is 5.41 Å². The molecule has 5 heteroatoms. The Kier molecular flexibility index (Phi) is 6.48. The summed E-state index contributed by atoms with van der Waals surface area (Å²) in [7, 11) is 5.57. The lowest BCUT2D eigenvalue weighted by molar-refractivity contribution is 0.00239. The van der Waals surface area contributed by atoms with Gasteiger partial charge in [-0.05, 0) is 26.2 Å². The van der Waals surface area contributed by atoms with Gasteiger partial charge in [0.15, 0.2) is 0 Å². The molecule has 0 amide bonds. The van der Waals surface area contributed by atoms with Crippen molar-refractivity contribution in [2.75, 3.05) is 41.0 Å². The van der Waals surface area contributed by atoms with Crippen molar-refractivity contribution in [3.05, 3.63) is 30.3 Å². The fourth-order valence-corrected chi connectivity index (χ4v) is 2.09. The maximum atomic E-state index is 11.7. The van der Waals surface area contributed by atoms with E-state index in [1.165, 1.54) is 0 Å². The van der Waals surface area contributed by atoms with Gasteiger partial charge in [0.1, 0.15) is 12.4 Å². The molecule has 20 heavy (non-hydrogen) atoms. The Hall–Kier alpha value is -1.59. The van der Waals surface area contributed by atoms with Crippen molar-refractivity contribution in [3.8, 4) is 5.75 Å². The SMILES string of the molecule is COCC(C)(COC(=O)Oc1ccccc1)CN(C)C. The van der Waals surface area contributed by atoms with E-state index in [2.05, 4.69) is 0 Å². The third kappa shape index (κ3) is 6.04. The first-order chi connectivity index (χ1) is 9.45. The van der Waals surface area contributed by atoms with E-state index in [-0.39, 0.29) is 12.0 Å². The van der Waals surface area contributed by atoms with Crippen LogP contribution in [0.3, 0.4) is 0 Å². The first-order valence-corrected chi connectivity index (χ1v) is 6.48. The molecule has 1 atom stereocenters. The van der Waals surface area contributed by atoms with Gasteiger partial charge < -0.3 is 19.1 Å². The Bertz CT molecular complexity index is 408. The number of carbonyl (C=O) groups excluding carboxylic acids is 1. The predicted octanol–water partition coefficient (Wildman–Crippen LogP) is 2.42. The van der Waals surface area contributed by atoms with Crippen molar-refractivity contribution in [2.45, 2.75) is 6.92 Å². The number of methoxy groups -OCH3 is 1. The summed E-state index contributed by atoms with van der Waals surface area (Å²) >= 11 is 0. The third-order valence-electron chi connectivity index (χ3n) is 2.67. The molecule has 0 saturated heterocycles. The van der Waals surface area contributed by atoms with Crippen molar-refractivity contribution in [1.82, 2.24) is 4.90 Å². The van der Waals surface area contributed by atoms with Crippen LogP contribution in [0.15, 0.2) is 30.3 Å². The van der Waals surface area contributed by atoms with Crippen LogP contribution < -0.4 is 4.74 Å². The van der Waals surface area contributed by atoms with E-state index in [0.29, 0.717) is 12.4 Å². The second kappa shape index (κ2) is 7.87. The van der Waals surface area contributed by atoms with E-state index in [4.69, 9.17) is 14.2 Å². The Morgan fingerprint density at radius 3 is 2.40 bits per heavy atom. The van der Waals surface area contributed by atoms with E-state index < -0.39 is 6.16 Å². The molecule has 0 fully saturated rings. The number of nitrogens with zero attached hydrogens (tertiary/aromatic N) is 1. The summed E-state index contributed by atoms with van der Waals surface area (Å²) in [5, 5.41) is 0. The average molecular weight is 281 g/mol. The summed E-state index contributed by atoms with van der Waals surface area (Å²) in [5.74, 6) is 0.471. The van der Waals surface area contributed by atoms with Crippen LogP contribution >= 0.6 is 0 Å². The van der Waals surface area contributed by atoms with Gasteiger partial charge in [-0.25, -0.2) is 4.79 Å². The number of hydrogen-bond donors (Lipinski definition) is 0. The molecule has 0 radical (unpaired) electrons. The molecule has 1 aromatic carbocycles. The van der Waals surface area contributed by atoms with Gasteiger partial charge in [-0.3, -0.25) is 0 Å². The Morgan fingerprint density at radius 1 is 1.20 bits per heavy atom. The number of carbonyl (C=O) groups is 1. The van der Waals surface area contributed by atoms with Gasteiger partial charge >= 0.3 is 6.16 Å². The normalized spacial score (nSPS) is 13.8. The van der Waals surface area contributed by atoms with Crippen LogP contribution in [0.5, 0.6) is 5.75 Å². The number of hydrogen-bond acceptors (Lipinski definition) is 5. The minimum atomic E-state index is -0.697. The molecule has 1 rings (SSSR count). The molecule has 5 nitrogen and oxygen atoms in total. The molecular formula is C15H23NO4. The minimum Gasteiger partial charge on any atom is -0.433 e. The first kappa shape index (κ1) is 16.5. The molecule has 0 heterocycles. The zero-order chi connectivity index (χ0) is 15.0. The van der Waals surface area contributed by atoms with Crippen molar-refractivity contribution in [3.63, 3.8) is 0 Å². The summed E-state index contributed by atoms with van der Waals surface area (Å²) < 4.78 is 15.5. The Balaban J connectivity index is 2.48. The van der Waals surface area contributed by atoms with Gasteiger partial charge in [0, 0.05) is 19.1 Å². The van der Waals surface area contributed by atoms with E-state index in [1.54, 1.807) is 31.4 Å². The minimum absolute atomic E-state index is 0.241. The van der Waals surface area contributed by atoms with Crippen LogP contribution in [-0.4, -0.2) is 52.0 Å². The zero-order valence-corrected chi connectivity index (χ0v) is 12.6. The van der Waals surface area contributed by atoms with Crippen LogP contribution in [0, 0.1) is 5.41 Å². The van der Waals surface area contributed by atoms with Gasteiger partial charge in [0.25, 0.3) is 0 Å². The molecule has 0 spiro atoms. The average Bonchev–Trinajstić information content (AvgIpc) is 2.37. The highest BCUT2D eigenvalue weighted by atomic mass is 16.7. The molecule has 0 aliphatic carbocycles. The van der Waals surface area contributed by atoms with Gasteiger partial charge in [0.2, 0.25) is 0 Å². The number of ether oxygens (including phenoxy) is 3. The summed E-state index contributed by atoms with van der Waals surface area (Å²) in [4.78, 5) is 13.7. The standard InChI is InChI=1S/C15H23NO4/c1-15(11-18-4,10-16(2)3)12-19-14(17)20-13-8-6-5-7-9-13/h5-9H,10-12H2,1-4H3. The third-order valence-corrected chi connectivity index (χ3v) is 2.67. The lowest BCUT2D eigenvalue weighted by Gasteiger charge is -2.30. The number of benzene rings is 1. The van der Waals surface area contributed by atoms with E-state index in [1.807, 2.05) is 32.0 Å². The summed E-state index contributed by atoms with van der Waals surface area (Å²) in [6, 6.07) is 8.85. The Morgan fingerprint density at radius 2 is 1.85 bits per heavy atom. The van der Waals surface area contributed by atoms with Gasteiger partial charge in [-0.2, -0.15) is 0 Å². The molecule has 0 aliphatic heterocycles. The molecule has 112 valence electrons. The second-order valence-electron chi connectivity index (χ2n) is 5.44. The fourth-order valence-electron chi connectivity index (χ4n) is 2.09. The maximum absolute atomic E-state index is 11.7. The monoisotopic (exact) mass is 281 g/mol. The van der Waals surface area contributed by atoms with Gasteiger partial charge in [-0.15, -0.1) is 0 Å². The molecule has 0 N–H and O–H groups in total. The van der Waals surface area contributed by atoms with E-state index >= 15 is 0 Å². The molecular weight excluding hydrogens is 258 g/mol. The molecule has 1 aromatic rings. The van der Waals surface area contributed by atoms with Crippen LogP contribution in [-0.2, 0) is 9.47 Å². The fraction of sp³-hybridized carbons (Fsp3) is 0.533. The van der Waals surface area contributed by atoms with Crippen LogP contribution in [0.2, 0.25) is 0 Å². The van der Waals surface area contributed by atoms with Crippen LogP contribution in [0.4, 0.5) is 4.79 Å². The van der Waals surface area contributed by atoms with E-state index in [9.17, 15) is 4.79 Å². The lowest BCUT2D eigenvalue weighted by atomic mass is 9.92. The molecule has 0 aromatic heterocycles. The van der Waals surface area contributed by atoms with Gasteiger partial charge in [-0.1, -0.05) is 25.1 Å². The highest BCUT2D eigenvalue weighted by Crippen LogP contribution is 2.19. The first-order valence-electron chi connectivity index (χ1n) is 6.48. The van der Waals surface area contributed by atoms with Gasteiger partial charge in [0.05, 0.1) is 6.61 Å². The van der Waals surface area contributed by atoms with Crippen LogP contribution in [0.25, 0.3) is 0 Å². The highest BCUT2D eigenvalue weighted by molar-refractivity contribution is 5.63. The van der Waals surface area contributed by atoms with E-state index in [0.717, 1.165) is 6.54 Å². The summed E-state index contributed by atoms with van der Waals surface area (Å²) in [6.45, 7) is 3.50. The second-order valence-corrected chi connectivity index (χ2v) is 5.44. The topological polar surface area (TPSA) is 48.0 Å². The van der Waals surface area contributed by atoms with Crippen molar-refractivity contribution < 1.29 is 19.0 Å². The number of rotatable bonds is 7. The highest BCUT2D eigenvalue weighted by Gasteiger charge is 2.27. The molecule has 1 unspecified atom stereocenters. The molecule has 0 aliphatic rings. The van der Waals surface area contributed by atoms with Crippen molar-refractivity contribution in [1.29, 1.82) is 0 Å². The zero-order valence-electron chi connectivity index (χ0n) is 12.6. The Labute approximate surface area is 120 Å². The summed E-state index contributed by atoms with van der Waals surface area (Å²) in [6.07, 6.45) is -0.697. The van der Waals surface area contributed by atoms with Crippen LogP contribution in [0.1, 0.15) is 6.92 Å². The largest absolute Gasteiger partial charge is 0.513 e. The smallest absolute Gasteiger partial charge is 0.433 e. The quantitative estimate of drug-likeness (QED) is 0.567. The summed E-state index contributed by atoms with van der Waals surface area (Å²) in [5.41, 5.74) is -0.270. The van der Waals surface area contributed by atoms with Crippen molar-refractivity contribution >= 4 is 6.16 Å². The predicted molar refractivity (Wildman–Crippen MR) is 77.0 cm³/mol.